The molecule has 0 saturated carbocycles. The molecule has 3 nitrogen and oxygen atoms in total. The van der Waals surface area contributed by atoms with Gasteiger partial charge in [-0.1, -0.05) is 0 Å². The average Bonchev–Trinajstić information content (AvgIpc) is 2.83. The van der Waals surface area contributed by atoms with Gasteiger partial charge in [0.1, 0.15) is 11.1 Å². The average molecular weight is 270 g/mol. The number of thiazole rings is 1. The minimum Gasteiger partial charge on any atom is -0.369 e. The van der Waals surface area contributed by atoms with Crippen LogP contribution in [0.15, 0.2) is 0 Å². The SMILES string of the molecule is NCC1CCCc2sc(C3CSCCO3)nc21. The van der Waals surface area contributed by atoms with Gasteiger partial charge in [0, 0.05) is 28.8 Å². The van der Waals surface area contributed by atoms with Gasteiger partial charge in [-0.15, -0.1) is 11.3 Å². The summed E-state index contributed by atoms with van der Waals surface area (Å²) >= 11 is 3.82. The van der Waals surface area contributed by atoms with Crippen molar-refractivity contribution in [2.45, 2.75) is 31.3 Å². The summed E-state index contributed by atoms with van der Waals surface area (Å²) < 4.78 is 5.81. The van der Waals surface area contributed by atoms with Gasteiger partial charge in [0.25, 0.3) is 0 Å². The van der Waals surface area contributed by atoms with E-state index >= 15 is 0 Å². The van der Waals surface area contributed by atoms with Gasteiger partial charge in [0.15, 0.2) is 0 Å². The second kappa shape index (κ2) is 5.26. The van der Waals surface area contributed by atoms with Crippen molar-refractivity contribution < 1.29 is 4.74 Å². The molecule has 0 bridgehead atoms. The fourth-order valence-electron chi connectivity index (χ4n) is 2.52. The summed E-state index contributed by atoms with van der Waals surface area (Å²) in [7, 11) is 0. The summed E-state index contributed by atoms with van der Waals surface area (Å²) in [4.78, 5) is 6.29. The lowest BCUT2D eigenvalue weighted by atomic mass is 9.91. The highest BCUT2D eigenvalue weighted by Crippen LogP contribution is 2.38. The molecule has 94 valence electrons. The quantitative estimate of drug-likeness (QED) is 0.896. The van der Waals surface area contributed by atoms with Crippen LogP contribution in [0.1, 0.15) is 40.4 Å². The number of nitrogens with zero attached hydrogens (tertiary/aromatic N) is 1. The molecule has 17 heavy (non-hydrogen) atoms. The fourth-order valence-corrected chi connectivity index (χ4v) is 4.72. The summed E-state index contributed by atoms with van der Waals surface area (Å²) in [6, 6.07) is 0. The number of hydrogen-bond acceptors (Lipinski definition) is 5. The Kier molecular flexibility index (Phi) is 3.70. The Morgan fingerprint density at radius 1 is 1.47 bits per heavy atom. The van der Waals surface area contributed by atoms with Crippen LogP contribution >= 0.6 is 23.1 Å². The second-order valence-electron chi connectivity index (χ2n) is 4.62. The molecule has 0 amide bonds. The molecule has 0 aromatic carbocycles. The number of thioether (sulfide) groups is 1. The summed E-state index contributed by atoms with van der Waals surface area (Å²) in [6.45, 7) is 1.59. The lowest BCUT2D eigenvalue weighted by molar-refractivity contribution is 0.0754. The van der Waals surface area contributed by atoms with E-state index < -0.39 is 0 Å². The summed E-state index contributed by atoms with van der Waals surface area (Å²) in [6.07, 6.45) is 3.87. The van der Waals surface area contributed by atoms with Gasteiger partial charge in [0.05, 0.1) is 12.3 Å². The highest BCUT2D eigenvalue weighted by atomic mass is 32.2. The maximum atomic E-state index is 5.84. The first-order valence-corrected chi connectivity index (χ1v) is 8.24. The van der Waals surface area contributed by atoms with E-state index in [1.807, 2.05) is 23.1 Å². The molecule has 1 saturated heterocycles. The first kappa shape index (κ1) is 12.0. The van der Waals surface area contributed by atoms with E-state index in [2.05, 4.69) is 0 Å². The molecule has 1 aliphatic heterocycles. The van der Waals surface area contributed by atoms with Crippen molar-refractivity contribution >= 4 is 23.1 Å². The summed E-state index contributed by atoms with van der Waals surface area (Å²) in [5.74, 6) is 2.66. The molecule has 1 aromatic heterocycles. The number of nitrogens with two attached hydrogens (primary N) is 1. The lowest BCUT2D eigenvalue weighted by Gasteiger charge is -2.20. The van der Waals surface area contributed by atoms with Crippen molar-refractivity contribution in [3.63, 3.8) is 0 Å². The molecule has 1 aliphatic carbocycles. The Morgan fingerprint density at radius 2 is 2.41 bits per heavy atom. The van der Waals surface area contributed by atoms with Gasteiger partial charge >= 0.3 is 0 Å². The third-order valence-electron chi connectivity index (χ3n) is 3.46. The van der Waals surface area contributed by atoms with E-state index in [1.165, 1.54) is 34.8 Å². The van der Waals surface area contributed by atoms with Crippen molar-refractivity contribution in [2.24, 2.45) is 5.73 Å². The van der Waals surface area contributed by atoms with Crippen LogP contribution < -0.4 is 5.73 Å². The number of rotatable bonds is 2. The molecule has 1 fully saturated rings. The van der Waals surface area contributed by atoms with E-state index in [4.69, 9.17) is 15.5 Å². The van der Waals surface area contributed by atoms with Crippen LogP contribution in [0.25, 0.3) is 0 Å². The maximum absolute atomic E-state index is 5.84. The van der Waals surface area contributed by atoms with Crippen molar-refractivity contribution in [1.29, 1.82) is 0 Å². The van der Waals surface area contributed by atoms with Gasteiger partial charge < -0.3 is 10.5 Å². The van der Waals surface area contributed by atoms with Crippen LogP contribution in [0.4, 0.5) is 0 Å². The standard InChI is InChI=1S/C12H18N2OS2/c13-6-8-2-1-3-10-11(8)14-12(17-10)9-7-16-5-4-15-9/h8-9H,1-7,13H2. The van der Waals surface area contributed by atoms with Crippen molar-refractivity contribution in [1.82, 2.24) is 4.98 Å². The Bertz CT molecular complexity index is 388. The van der Waals surface area contributed by atoms with Crippen LogP contribution in [0, 0.1) is 0 Å². The third kappa shape index (κ3) is 2.38. The second-order valence-corrected chi connectivity index (χ2v) is 6.88. The Balaban J connectivity index is 1.84. The largest absolute Gasteiger partial charge is 0.369 e. The van der Waals surface area contributed by atoms with E-state index in [9.17, 15) is 0 Å². The molecule has 1 aromatic rings. The highest BCUT2D eigenvalue weighted by Gasteiger charge is 2.27. The van der Waals surface area contributed by atoms with E-state index in [1.54, 1.807) is 0 Å². The van der Waals surface area contributed by atoms with E-state index in [-0.39, 0.29) is 6.10 Å². The summed E-state index contributed by atoms with van der Waals surface area (Å²) in [5, 5.41) is 1.18. The molecule has 0 radical (unpaired) electrons. The molecule has 3 rings (SSSR count). The number of aryl methyl sites for hydroxylation is 1. The maximum Gasteiger partial charge on any atom is 0.123 e. The minimum absolute atomic E-state index is 0.225. The monoisotopic (exact) mass is 270 g/mol. The first-order chi connectivity index (χ1) is 8.38. The van der Waals surface area contributed by atoms with Crippen molar-refractivity contribution in [2.75, 3.05) is 24.7 Å². The fraction of sp³-hybridized carbons (Fsp3) is 0.750. The molecule has 2 heterocycles. The van der Waals surface area contributed by atoms with Crippen LogP contribution in [0.5, 0.6) is 0 Å². The van der Waals surface area contributed by atoms with E-state index in [0.717, 1.165) is 24.7 Å². The zero-order valence-electron chi connectivity index (χ0n) is 9.85. The number of hydrogen-bond donors (Lipinski definition) is 1. The molecule has 5 heteroatoms. The summed E-state index contributed by atoms with van der Waals surface area (Å²) in [5.41, 5.74) is 7.11. The number of fused-ring (bicyclic) bond motifs is 1. The molecule has 2 aliphatic rings. The minimum atomic E-state index is 0.225. The number of aromatic nitrogens is 1. The van der Waals surface area contributed by atoms with Crippen LogP contribution in [-0.2, 0) is 11.2 Å². The lowest BCUT2D eigenvalue weighted by Crippen LogP contribution is -2.18. The molecular weight excluding hydrogens is 252 g/mol. The predicted octanol–water partition coefficient (Wildman–Crippen LogP) is 2.33. The smallest absolute Gasteiger partial charge is 0.123 e. The zero-order chi connectivity index (χ0) is 11.7. The molecule has 2 unspecified atom stereocenters. The van der Waals surface area contributed by atoms with Crippen molar-refractivity contribution in [3.05, 3.63) is 15.6 Å². The number of ether oxygens (including phenoxy) is 1. The van der Waals surface area contributed by atoms with E-state index in [0.29, 0.717) is 5.92 Å². The van der Waals surface area contributed by atoms with Gasteiger partial charge in [-0.3, -0.25) is 0 Å². The van der Waals surface area contributed by atoms with Crippen LogP contribution in [0.3, 0.4) is 0 Å². The normalized spacial score (nSPS) is 29.0. The molecule has 0 spiro atoms. The Labute approximate surface area is 110 Å². The Morgan fingerprint density at radius 3 is 3.18 bits per heavy atom. The molecule has 2 N–H and O–H groups in total. The first-order valence-electron chi connectivity index (χ1n) is 6.27. The zero-order valence-corrected chi connectivity index (χ0v) is 11.5. The van der Waals surface area contributed by atoms with Gasteiger partial charge in [-0.05, 0) is 19.3 Å². The van der Waals surface area contributed by atoms with Crippen LogP contribution in [0.2, 0.25) is 0 Å². The predicted molar refractivity (Wildman–Crippen MR) is 72.9 cm³/mol. The van der Waals surface area contributed by atoms with Gasteiger partial charge in [-0.2, -0.15) is 11.8 Å². The molecular formula is C12H18N2OS2. The topological polar surface area (TPSA) is 48.1 Å². The Hall–Kier alpha value is -0.100. The third-order valence-corrected chi connectivity index (χ3v) is 5.68. The van der Waals surface area contributed by atoms with Crippen molar-refractivity contribution in [3.8, 4) is 0 Å². The van der Waals surface area contributed by atoms with Crippen LogP contribution in [-0.4, -0.2) is 29.6 Å². The highest BCUT2D eigenvalue weighted by molar-refractivity contribution is 7.99. The van der Waals surface area contributed by atoms with Gasteiger partial charge in [0.2, 0.25) is 0 Å². The van der Waals surface area contributed by atoms with Gasteiger partial charge in [-0.25, -0.2) is 4.98 Å². The molecule has 2 atom stereocenters.